The highest BCUT2D eigenvalue weighted by molar-refractivity contribution is 5.82. The van der Waals surface area contributed by atoms with Crippen LogP contribution in [0, 0.1) is 5.82 Å². The highest BCUT2D eigenvalue weighted by Gasteiger charge is 2.28. The summed E-state index contributed by atoms with van der Waals surface area (Å²) in [7, 11) is 1.74. The number of benzene rings is 1. The van der Waals surface area contributed by atoms with Crippen LogP contribution in [-0.4, -0.2) is 30.4 Å². The Morgan fingerprint density at radius 1 is 1.50 bits per heavy atom. The van der Waals surface area contributed by atoms with Crippen LogP contribution in [0.4, 0.5) is 4.39 Å². The topological polar surface area (TPSA) is 32.3 Å². The minimum absolute atomic E-state index is 0.0447. The highest BCUT2D eigenvalue weighted by atomic mass is 19.1. The Morgan fingerprint density at radius 2 is 2.22 bits per heavy atom. The lowest BCUT2D eigenvalue weighted by Crippen LogP contribution is -2.42. The molecular formula is C14H19FN2O. The Labute approximate surface area is 107 Å². The van der Waals surface area contributed by atoms with Crippen molar-refractivity contribution in [3.05, 3.63) is 35.6 Å². The molecule has 1 saturated heterocycles. The van der Waals surface area contributed by atoms with Crippen LogP contribution in [-0.2, 0) is 4.79 Å². The van der Waals surface area contributed by atoms with Crippen molar-refractivity contribution in [3.63, 3.8) is 0 Å². The zero-order valence-electron chi connectivity index (χ0n) is 10.8. The molecule has 3 nitrogen and oxygen atoms in total. The molecule has 0 aliphatic carbocycles. The summed E-state index contributed by atoms with van der Waals surface area (Å²) in [5.74, 6) is -0.215. The first-order valence-electron chi connectivity index (χ1n) is 6.35. The molecular weight excluding hydrogens is 231 g/mol. The lowest BCUT2D eigenvalue weighted by molar-refractivity contribution is -0.133. The third kappa shape index (κ3) is 2.53. The maximum atomic E-state index is 13.7. The monoisotopic (exact) mass is 250 g/mol. The van der Waals surface area contributed by atoms with Crippen molar-refractivity contribution in [2.24, 2.45) is 0 Å². The first-order chi connectivity index (χ1) is 8.61. The average molecular weight is 250 g/mol. The van der Waals surface area contributed by atoms with E-state index in [1.54, 1.807) is 30.1 Å². The van der Waals surface area contributed by atoms with Crippen molar-refractivity contribution in [2.75, 3.05) is 13.6 Å². The molecule has 0 aromatic heterocycles. The van der Waals surface area contributed by atoms with Crippen molar-refractivity contribution in [1.82, 2.24) is 10.2 Å². The number of rotatable bonds is 3. The molecule has 0 saturated carbocycles. The van der Waals surface area contributed by atoms with E-state index < -0.39 is 0 Å². The number of hydrogen-bond acceptors (Lipinski definition) is 2. The van der Waals surface area contributed by atoms with E-state index in [0.717, 1.165) is 19.4 Å². The Hall–Kier alpha value is -1.42. The smallest absolute Gasteiger partial charge is 0.239 e. The first-order valence-corrected chi connectivity index (χ1v) is 6.35. The number of hydrogen-bond donors (Lipinski definition) is 1. The maximum Gasteiger partial charge on any atom is 0.239 e. The van der Waals surface area contributed by atoms with Gasteiger partial charge < -0.3 is 10.2 Å². The standard InChI is InChI=1S/C14H19FN2O/c1-10(11-6-3-4-7-12(11)15)17(2)14(18)13-8-5-9-16-13/h3-4,6-7,10,13,16H,5,8-9H2,1-2H3/t10?,13-/m0/s1. The van der Waals surface area contributed by atoms with Gasteiger partial charge in [-0.05, 0) is 32.4 Å². The number of carbonyl (C=O) groups is 1. The molecule has 0 bridgehead atoms. The third-order valence-electron chi connectivity index (χ3n) is 3.64. The van der Waals surface area contributed by atoms with Gasteiger partial charge in [0.25, 0.3) is 0 Å². The third-order valence-corrected chi connectivity index (χ3v) is 3.64. The van der Waals surface area contributed by atoms with E-state index in [2.05, 4.69) is 5.32 Å². The normalized spacial score (nSPS) is 20.7. The lowest BCUT2D eigenvalue weighted by atomic mass is 10.1. The molecule has 2 atom stereocenters. The Morgan fingerprint density at radius 3 is 2.83 bits per heavy atom. The SMILES string of the molecule is CC(c1ccccc1F)N(C)C(=O)[C@@H]1CCCN1. The van der Waals surface area contributed by atoms with Crippen LogP contribution >= 0.6 is 0 Å². The Balaban J connectivity index is 2.10. The van der Waals surface area contributed by atoms with Gasteiger partial charge in [-0.15, -0.1) is 0 Å². The zero-order valence-corrected chi connectivity index (χ0v) is 10.8. The summed E-state index contributed by atoms with van der Waals surface area (Å²) in [5.41, 5.74) is 0.561. The highest BCUT2D eigenvalue weighted by Crippen LogP contribution is 2.23. The van der Waals surface area contributed by atoms with Crippen molar-refractivity contribution in [2.45, 2.75) is 31.8 Å². The van der Waals surface area contributed by atoms with Crippen molar-refractivity contribution < 1.29 is 9.18 Å². The number of amides is 1. The molecule has 0 spiro atoms. The van der Waals surface area contributed by atoms with Gasteiger partial charge in [0, 0.05) is 12.6 Å². The van der Waals surface area contributed by atoms with E-state index in [9.17, 15) is 9.18 Å². The minimum Gasteiger partial charge on any atom is -0.338 e. The summed E-state index contributed by atoms with van der Waals surface area (Å²) in [6.45, 7) is 2.74. The largest absolute Gasteiger partial charge is 0.338 e. The fourth-order valence-corrected chi connectivity index (χ4v) is 2.35. The number of likely N-dealkylation sites (N-methyl/N-ethyl adjacent to an activating group) is 1. The van der Waals surface area contributed by atoms with E-state index in [0.29, 0.717) is 5.56 Å². The molecule has 1 aromatic rings. The molecule has 1 amide bonds. The molecule has 1 aromatic carbocycles. The second-order valence-electron chi connectivity index (χ2n) is 4.80. The molecule has 1 N–H and O–H groups in total. The maximum absolute atomic E-state index is 13.7. The Kier molecular flexibility index (Phi) is 3.97. The van der Waals surface area contributed by atoms with Gasteiger partial charge in [0.1, 0.15) is 5.82 Å². The van der Waals surface area contributed by atoms with Gasteiger partial charge in [0.15, 0.2) is 0 Å². The minimum atomic E-state index is -0.260. The predicted octanol–water partition coefficient (Wildman–Crippen LogP) is 2.10. The predicted molar refractivity (Wildman–Crippen MR) is 68.6 cm³/mol. The van der Waals surface area contributed by atoms with E-state index in [1.807, 2.05) is 6.92 Å². The molecule has 18 heavy (non-hydrogen) atoms. The van der Waals surface area contributed by atoms with Gasteiger partial charge in [-0.1, -0.05) is 18.2 Å². The molecule has 0 radical (unpaired) electrons. The van der Waals surface area contributed by atoms with Crippen molar-refractivity contribution in [1.29, 1.82) is 0 Å². The molecule has 4 heteroatoms. The van der Waals surface area contributed by atoms with Crippen molar-refractivity contribution >= 4 is 5.91 Å². The van der Waals surface area contributed by atoms with Crippen LogP contribution in [0.5, 0.6) is 0 Å². The lowest BCUT2D eigenvalue weighted by Gasteiger charge is -2.28. The quantitative estimate of drug-likeness (QED) is 0.891. The van der Waals surface area contributed by atoms with Crippen LogP contribution in [0.3, 0.4) is 0 Å². The molecule has 98 valence electrons. The van der Waals surface area contributed by atoms with Gasteiger partial charge in [-0.25, -0.2) is 4.39 Å². The molecule has 1 fully saturated rings. The summed E-state index contributed by atoms with van der Waals surface area (Å²) < 4.78 is 13.7. The van der Waals surface area contributed by atoms with Gasteiger partial charge in [-0.3, -0.25) is 4.79 Å². The van der Waals surface area contributed by atoms with E-state index in [1.165, 1.54) is 6.07 Å². The first kappa shape index (κ1) is 13.0. The summed E-state index contributed by atoms with van der Waals surface area (Å²) in [6, 6.07) is 6.25. The second kappa shape index (κ2) is 5.48. The van der Waals surface area contributed by atoms with Crippen LogP contribution in [0.15, 0.2) is 24.3 Å². The average Bonchev–Trinajstić information content (AvgIpc) is 2.90. The summed E-state index contributed by atoms with van der Waals surface area (Å²) >= 11 is 0. The number of halogens is 1. The molecule has 1 aliphatic heterocycles. The molecule has 1 heterocycles. The fraction of sp³-hybridized carbons (Fsp3) is 0.500. The fourth-order valence-electron chi connectivity index (χ4n) is 2.35. The Bertz CT molecular complexity index is 430. The van der Waals surface area contributed by atoms with E-state index in [-0.39, 0.29) is 23.8 Å². The summed E-state index contributed by atoms with van der Waals surface area (Å²) in [6.07, 6.45) is 1.89. The van der Waals surface area contributed by atoms with Crippen LogP contribution < -0.4 is 5.32 Å². The zero-order chi connectivity index (χ0) is 13.1. The van der Waals surface area contributed by atoms with E-state index >= 15 is 0 Å². The molecule has 1 unspecified atom stereocenters. The molecule has 2 rings (SSSR count). The van der Waals surface area contributed by atoms with Gasteiger partial charge in [0.2, 0.25) is 5.91 Å². The summed E-state index contributed by atoms with van der Waals surface area (Å²) in [4.78, 5) is 13.8. The van der Waals surface area contributed by atoms with Crippen LogP contribution in [0.1, 0.15) is 31.4 Å². The second-order valence-corrected chi connectivity index (χ2v) is 4.80. The summed E-state index contributed by atoms with van der Waals surface area (Å²) in [5, 5.41) is 3.17. The number of carbonyl (C=O) groups excluding carboxylic acids is 1. The van der Waals surface area contributed by atoms with Gasteiger partial charge >= 0.3 is 0 Å². The van der Waals surface area contributed by atoms with Gasteiger partial charge in [0.05, 0.1) is 12.1 Å². The van der Waals surface area contributed by atoms with Crippen molar-refractivity contribution in [3.8, 4) is 0 Å². The number of nitrogens with one attached hydrogen (secondary N) is 1. The number of nitrogens with zero attached hydrogens (tertiary/aromatic N) is 1. The van der Waals surface area contributed by atoms with Gasteiger partial charge in [-0.2, -0.15) is 0 Å². The molecule has 1 aliphatic rings. The van der Waals surface area contributed by atoms with E-state index in [4.69, 9.17) is 0 Å². The van der Waals surface area contributed by atoms with Crippen LogP contribution in [0.2, 0.25) is 0 Å². The van der Waals surface area contributed by atoms with Crippen LogP contribution in [0.25, 0.3) is 0 Å².